The van der Waals surface area contributed by atoms with Gasteiger partial charge in [0.2, 0.25) is 0 Å². The molecule has 16 heteroatoms. The highest BCUT2D eigenvalue weighted by Crippen LogP contribution is 2.43. The molecular weight excluding hydrogens is 862 g/mol. The third-order valence-electron chi connectivity index (χ3n) is 8.72. The number of hydrogen-bond acceptors (Lipinski definition) is 11. The summed E-state index contributed by atoms with van der Waals surface area (Å²) >= 11 is 0. The molecule has 364 valence electrons. The van der Waals surface area contributed by atoms with Gasteiger partial charge in [-0.25, -0.2) is 9.13 Å². The zero-order chi connectivity index (χ0) is 47.4. The summed E-state index contributed by atoms with van der Waals surface area (Å²) in [5, 5.41) is 19.8. The molecule has 0 saturated heterocycles. The molecule has 0 aliphatic heterocycles. The van der Waals surface area contributed by atoms with Crippen molar-refractivity contribution < 1.29 is 66.7 Å². The maximum Gasteiger partial charge on any atom is 0.472 e. The second kappa shape index (κ2) is 42.4. The van der Waals surface area contributed by atoms with Crippen LogP contribution in [0.2, 0.25) is 0 Å². The Labute approximate surface area is 383 Å². The molecule has 14 nitrogen and oxygen atoms in total. The van der Waals surface area contributed by atoms with Gasteiger partial charge in [0, 0.05) is 12.8 Å². The van der Waals surface area contributed by atoms with E-state index in [0.29, 0.717) is 32.1 Å². The number of esters is 2. The standard InChI is InChI=1S/C48H78O14P2/c1-3-5-7-9-11-12-13-14-15-16-17-18-19-20-21-22-27-31-35-39-48(52)62-46(43-61-64(56,57)60-41-45(50)40-59-63(53,54)55)42-58-47(51)38-34-30-26-24-23-25-29-33-37-44(49)36-32-28-10-8-6-4-2/h6,8,11-12,14-15,17-18,20-21,24-26,28-29,32-33,37,44-46,49-50H,3-5,7,9-10,13,16,19,22-23,27,30-31,34-36,38-43H2,1-2H3,(H,56,57)(H2,53,54,55)/b8-6-,12-11-,15-14-,18-17-,21-20-,26-24-,29-25-,32-28-,37-33+/t44?,45-,46+/m0/s1. The van der Waals surface area contributed by atoms with E-state index in [0.717, 1.165) is 57.8 Å². The Morgan fingerprint density at radius 3 is 1.66 bits per heavy atom. The van der Waals surface area contributed by atoms with Gasteiger partial charge in [0.1, 0.15) is 12.7 Å². The van der Waals surface area contributed by atoms with Crippen molar-refractivity contribution in [3.05, 3.63) is 109 Å². The van der Waals surface area contributed by atoms with Crippen LogP contribution in [0.3, 0.4) is 0 Å². The maximum atomic E-state index is 12.7. The van der Waals surface area contributed by atoms with Crippen LogP contribution in [0.15, 0.2) is 109 Å². The van der Waals surface area contributed by atoms with Crippen LogP contribution in [0, 0.1) is 0 Å². The quantitative estimate of drug-likeness (QED) is 0.0127. The van der Waals surface area contributed by atoms with E-state index >= 15 is 0 Å². The van der Waals surface area contributed by atoms with Crippen molar-refractivity contribution >= 4 is 27.6 Å². The van der Waals surface area contributed by atoms with Crippen LogP contribution in [-0.2, 0) is 41.8 Å². The van der Waals surface area contributed by atoms with Gasteiger partial charge in [0.25, 0.3) is 0 Å². The zero-order valence-corrected chi connectivity index (χ0v) is 40.0. The number of carbonyl (C=O) groups is 2. The summed E-state index contributed by atoms with van der Waals surface area (Å²) in [4.78, 5) is 52.7. The molecule has 0 aromatic heterocycles. The molecule has 2 unspecified atom stereocenters. The van der Waals surface area contributed by atoms with Crippen LogP contribution >= 0.6 is 15.6 Å². The highest BCUT2D eigenvalue weighted by molar-refractivity contribution is 7.47. The molecule has 0 amide bonds. The smallest absolute Gasteiger partial charge is 0.462 e. The van der Waals surface area contributed by atoms with E-state index in [1.165, 1.54) is 19.3 Å². The molecule has 0 aromatic rings. The van der Waals surface area contributed by atoms with Crippen LogP contribution in [-0.4, -0.2) is 81.6 Å². The summed E-state index contributed by atoms with van der Waals surface area (Å²) in [6, 6.07) is 0. The normalized spacial score (nSPS) is 15.4. The molecule has 64 heavy (non-hydrogen) atoms. The third kappa shape index (κ3) is 45.3. The van der Waals surface area contributed by atoms with E-state index in [1.54, 1.807) is 12.2 Å². The molecule has 0 aromatic carbocycles. The molecular formula is C48H78O14P2. The largest absolute Gasteiger partial charge is 0.472 e. The van der Waals surface area contributed by atoms with Crippen molar-refractivity contribution in [2.75, 3.05) is 26.4 Å². The van der Waals surface area contributed by atoms with E-state index in [9.17, 15) is 33.8 Å². The van der Waals surface area contributed by atoms with Gasteiger partial charge in [-0.05, 0) is 89.9 Å². The summed E-state index contributed by atoms with van der Waals surface area (Å²) in [7, 11) is -9.74. The number of rotatable bonds is 41. The van der Waals surface area contributed by atoms with Gasteiger partial charge in [-0.1, -0.05) is 142 Å². The SMILES string of the molecule is CC/C=C\C/C=C\CC(O)/C=C/C=C\C/C=C\CCCC(=O)OC[C@H](COP(=O)(O)OC[C@@H](O)COP(=O)(O)O)OC(=O)CCCCC/C=C\C/C=C\C/C=C\C/C=C\CCCCC. The van der Waals surface area contributed by atoms with Crippen LogP contribution in [0.25, 0.3) is 0 Å². The lowest BCUT2D eigenvalue weighted by Crippen LogP contribution is -2.30. The molecule has 0 saturated carbocycles. The lowest BCUT2D eigenvalue weighted by molar-refractivity contribution is -0.161. The second-order valence-electron chi connectivity index (χ2n) is 14.8. The Hall–Kier alpha value is -3.26. The first-order valence-corrected chi connectivity index (χ1v) is 25.7. The van der Waals surface area contributed by atoms with Crippen LogP contribution in [0.5, 0.6) is 0 Å². The number of aliphatic hydroxyl groups excluding tert-OH is 2. The number of allylic oxidation sites excluding steroid dienone is 16. The van der Waals surface area contributed by atoms with E-state index in [-0.39, 0.29) is 12.8 Å². The Kier molecular flexibility index (Phi) is 40.2. The van der Waals surface area contributed by atoms with Gasteiger partial charge in [0.15, 0.2) is 6.10 Å². The molecule has 4 atom stereocenters. The summed E-state index contributed by atoms with van der Waals surface area (Å²) in [6.45, 7) is 1.41. The van der Waals surface area contributed by atoms with Crippen molar-refractivity contribution in [2.24, 2.45) is 0 Å². The Balaban J connectivity index is 4.73. The maximum absolute atomic E-state index is 12.7. The number of aliphatic hydroxyl groups is 2. The van der Waals surface area contributed by atoms with Gasteiger partial charge < -0.3 is 34.4 Å². The van der Waals surface area contributed by atoms with Gasteiger partial charge in [0.05, 0.1) is 25.9 Å². The first-order valence-electron chi connectivity index (χ1n) is 22.7. The fourth-order valence-corrected chi connectivity index (χ4v) is 6.43. The Bertz CT molecular complexity index is 1560. The van der Waals surface area contributed by atoms with Gasteiger partial charge >= 0.3 is 27.6 Å². The topological polar surface area (TPSA) is 216 Å². The summed E-state index contributed by atoms with van der Waals surface area (Å²) in [5.74, 6) is -1.19. The van der Waals surface area contributed by atoms with Gasteiger partial charge in [-0.15, -0.1) is 0 Å². The fourth-order valence-electron chi connectivity index (χ4n) is 5.27. The monoisotopic (exact) mass is 940 g/mol. The van der Waals surface area contributed by atoms with Crippen LogP contribution in [0.1, 0.15) is 136 Å². The van der Waals surface area contributed by atoms with E-state index in [1.807, 2.05) is 36.5 Å². The van der Waals surface area contributed by atoms with Gasteiger partial charge in [-0.3, -0.25) is 23.2 Å². The molecule has 0 bridgehead atoms. The van der Waals surface area contributed by atoms with E-state index in [2.05, 4.69) is 83.7 Å². The molecule has 0 heterocycles. The minimum atomic E-state index is -4.89. The van der Waals surface area contributed by atoms with E-state index in [4.69, 9.17) is 23.8 Å². The number of ether oxygens (including phenoxy) is 2. The summed E-state index contributed by atoms with van der Waals surface area (Å²) in [5.41, 5.74) is 0. The third-order valence-corrected chi connectivity index (χ3v) is 10.2. The molecule has 0 aliphatic rings. The van der Waals surface area contributed by atoms with Crippen LogP contribution in [0.4, 0.5) is 0 Å². The predicted octanol–water partition coefficient (Wildman–Crippen LogP) is 10.9. The highest BCUT2D eigenvalue weighted by atomic mass is 31.2. The minimum absolute atomic E-state index is 0.0624. The number of carbonyl (C=O) groups excluding carboxylic acids is 2. The zero-order valence-electron chi connectivity index (χ0n) is 38.2. The average Bonchev–Trinajstić information content (AvgIpc) is 3.25. The number of phosphoric acid groups is 2. The van der Waals surface area contributed by atoms with Crippen molar-refractivity contribution in [3.8, 4) is 0 Å². The minimum Gasteiger partial charge on any atom is -0.462 e. The number of unbranched alkanes of at least 4 members (excludes halogenated alkanes) is 7. The molecule has 0 radical (unpaired) electrons. The Morgan fingerprint density at radius 1 is 0.531 bits per heavy atom. The molecule has 0 spiro atoms. The molecule has 0 aliphatic carbocycles. The number of hydrogen-bond donors (Lipinski definition) is 5. The van der Waals surface area contributed by atoms with Gasteiger partial charge in [-0.2, -0.15) is 0 Å². The average molecular weight is 941 g/mol. The number of phosphoric ester groups is 2. The molecule has 5 N–H and O–H groups in total. The van der Waals surface area contributed by atoms with Crippen LogP contribution < -0.4 is 0 Å². The fraction of sp³-hybridized carbons (Fsp3) is 0.583. The molecule has 0 rings (SSSR count). The lowest BCUT2D eigenvalue weighted by atomic mass is 10.1. The van der Waals surface area contributed by atoms with Crippen molar-refractivity contribution in [1.29, 1.82) is 0 Å². The van der Waals surface area contributed by atoms with E-state index < -0.39 is 72.3 Å². The predicted molar refractivity (Wildman–Crippen MR) is 254 cm³/mol. The lowest BCUT2D eigenvalue weighted by Gasteiger charge is -2.20. The first kappa shape index (κ1) is 60.7. The van der Waals surface area contributed by atoms with Crippen molar-refractivity contribution in [2.45, 2.75) is 154 Å². The van der Waals surface area contributed by atoms with Crippen molar-refractivity contribution in [3.63, 3.8) is 0 Å². The Morgan fingerprint density at radius 2 is 1.05 bits per heavy atom. The second-order valence-corrected chi connectivity index (χ2v) is 17.5. The summed E-state index contributed by atoms with van der Waals surface area (Å²) in [6.07, 6.45) is 48.3. The highest BCUT2D eigenvalue weighted by Gasteiger charge is 2.28. The molecule has 0 fully saturated rings. The summed E-state index contributed by atoms with van der Waals surface area (Å²) < 4.78 is 47.7. The van der Waals surface area contributed by atoms with Crippen molar-refractivity contribution in [1.82, 2.24) is 0 Å². The first-order chi connectivity index (χ1) is 30.8.